The summed E-state index contributed by atoms with van der Waals surface area (Å²) in [5, 5.41) is 1.27. The van der Waals surface area contributed by atoms with Gasteiger partial charge < -0.3 is 0 Å². The number of sulfonamides is 1. The average Bonchev–Trinajstić information content (AvgIpc) is 2.46. The highest BCUT2D eigenvalue weighted by atomic mass is 35.5. The molecule has 0 aliphatic carbocycles. The van der Waals surface area contributed by atoms with Gasteiger partial charge in [-0.2, -0.15) is 0 Å². The Labute approximate surface area is 135 Å². The third-order valence-corrected chi connectivity index (χ3v) is 4.81. The van der Waals surface area contributed by atoms with E-state index in [0.29, 0.717) is 16.5 Å². The maximum absolute atomic E-state index is 11.9. The van der Waals surface area contributed by atoms with Crippen LogP contribution in [-0.2, 0) is 23.0 Å². The van der Waals surface area contributed by atoms with Crippen molar-refractivity contribution in [2.24, 2.45) is 0 Å². The molecule has 3 nitrogen and oxygen atoms in total. The fraction of sp³-hybridized carbons (Fsp3) is 0.200. The van der Waals surface area contributed by atoms with Gasteiger partial charge in [0.25, 0.3) is 0 Å². The van der Waals surface area contributed by atoms with Crippen LogP contribution >= 0.6 is 23.2 Å². The molecule has 2 aromatic carbocycles. The van der Waals surface area contributed by atoms with E-state index in [4.69, 9.17) is 23.2 Å². The lowest BCUT2D eigenvalue weighted by Crippen LogP contribution is -2.26. The molecule has 0 spiro atoms. The summed E-state index contributed by atoms with van der Waals surface area (Å²) in [4.78, 5) is 0. The molecule has 2 aromatic rings. The van der Waals surface area contributed by atoms with Crippen molar-refractivity contribution in [1.29, 1.82) is 0 Å². The Balaban J connectivity index is 1.87. The smallest absolute Gasteiger partial charge is 0.212 e. The standard InChI is InChI=1S/C15H15Cl2NO2S/c16-14-5-1-12(2-6-14)9-10-21(19,20)18-11-13-3-7-15(17)8-4-13/h1-8,18H,9-11H2. The Morgan fingerprint density at radius 3 is 1.81 bits per heavy atom. The highest BCUT2D eigenvalue weighted by Crippen LogP contribution is 2.11. The Bertz CT molecular complexity index is 627. The minimum atomic E-state index is -3.31. The highest BCUT2D eigenvalue weighted by Gasteiger charge is 2.10. The first kappa shape index (κ1) is 16.3. The van der Waals surface area contributed by atoms with Crippen LogP contribution in [0.3, 0.4) is 0 Å². The van der Waals surface area contributed by atoms with Gasteiger partial charge in [0.1, 0.15) is 0 Å². The van der Waals surface area contributed by atoms with Crippen LogP contribution in [0.4, 0.5) is 0 Å². The lowest BCUT2D eigenvalue weighted by atomic mass is 10.2. The first-order valence-corrected chi connectivity index (χ1v) is 8.82. The predicted molar refractivity (Wildman–Crippen MR) is 87.2 cm³/mol. The molecule has 6 heteroatoms. The fourth-order valence-electron chi connectivity index (χ4n) is 1.77. The van der Waals surface area contributed by atoms with Crippen LogP contribution in [0.15, 0.2) is 48.5 Å². The van der Waals surface area contributed by atoms with E-state index in [1.807, 2.05) is 12.1 Å². The van der Waals surface area contributed by atoms with E-state index in [9.17, 15) is 8.42 Å². The second-order valence-corrected chi connectivity index (χ2v) is 7.44. The second kappa shape index (κ2) is 7.27. The van der Waals surface area contributed by atoms with E-state index in [-0.39, 0.29) is 12.3 Å². The van der Waals surface area contributed by atoms with Gasteiger partial charge in [0.2, 0.25) is 10.0 Å². The minimum Gasteiger partial charge on any atom is -0.212 e. The second-order valence-electron chi connectivity index (χ2n) is 4.64. The van der Waals surface area contributed by atoms with Gasteiger partial charge in [0, 0.05) is 16.6 Å². The number of rotatable bonds is 6. The number of hydrogen-bond donors (Lipinski definition) is 1. The van der Waals surface area contributed by atoms with Crippen LogP contribution < -0.4 is 4.72 Å². The molecule has 21 heavy (non-hydrogen) atoms. The quantitative estimate of drug-likeness (QED) is 0.869. The summed E-state index contributed by atoms with van der Waals surface area (Å²) in [6.45, 7) is 0.264. The fourth-order valence-corrected chi connectivity index (χ4v) is 3.06. The molecule has 0 radical (unpaired) electrons. The van der Waals surface area contributed by atoms with Crippen molar-refractivity contribution in [2.45, 2.75) is 13.0 Å². The summed E-state index contributed by atoms with van der Waals surface area (Å²) in [7, 11) is -3.31. The van der Waals surface area contributed by atoms with E-state index in [2.05, 4.69) is 4.72 Å². The summed E-state index contributed by atoms with van der Waals surface area (Å²) in [5.41, 5.74) is 1.81. The number of nitrogens with one attached hydrogen (secondary N) is 1. The van der Waals surface area contributed by atoms with Crippen molar-refractivity contribution in [2.75, 3.05) is 5.75 Å². The maximum atomic E-state index is 11.9. The predicted octanol–water partition coefficient (Wildman–Crippen LogP) is 3.66. The van der Waals surface area contributed by atoms with Crippen molar-refractivity contribution < 1.29 is 8.42 Å². The minimum absolute atomic E-state index is 0.0439. The normalized spacial score (nSPS) is 11.5. The monoisotopic (exact) mass is 343 g/mol. The lowest BCUT2D eigenvalue weighted by Gasteiger charge is -2.07. The first-order chi connectivity index (χ1) is 9.94. The summed E-state index contributed by atoms with van der Waals surface area (Å²) in [6, 6.07) is 14.2. The molecule has 0 saturated heterocycles. The van der Waals surface area contributed by atoms with E-state index < -0.39 is 10.0 Å². The molecule has 0 unspecified atom stereocenters. The van der Waals surface area contributed by atoms with Crippen LogP contribution in [0.2, 0.25) is 10.0 Å². The maximum Gasteiger partial charge on any atom is 0.212 e. The lowest BCUT2D eigenvalue weighted by molar-refractivity contribution is 0.580. The third kappa shape index (κ3) is 5.67. The molecule has 0 atom stereocenters. The van der Waals surface area contributed by atoms with E-state index in [1.165, 1.54) is 0 Å². The van der Waals surface area contributed by atoms with Crippen molar-refractivity contribution in [3.63, 3.8) is 0 Å². The molecule has 0 bridgehead atoms. The average molecular weight is 344 g/mol. The molecule has 0 aromatic heterocycles. The Hall–Kier alpha value is -1.07. The molecule has 112 valence electrons. The molecule has 1 N–H and O–H groups in total. The summed E-state index contributed by atoms with van der Waals surface area (Å²) < 4.78 is 26.5. The van der Waals surface area contributed by atoms with Gasteiger partial charge >= 0.3 is 0 Å². The van der Waals surface area contributed by atoms with Crippen molar-refractivity contribution >= 4 is 33.2 Å². The van der Waals surface area contributed by atoms with E-state index in [1.54, 1.807) is 36.4 Å². The topological polar surface area (TPSA) is 46.2 Å². The largest absolute Gasteiger partial charge is 0.212 e. The van der Waals surface area contributed by atoms with Crippen molar-refractivity contribution in [3.05, 3.63) is 69.7 Å². The molecular formula is C15H15Cl2NO2S. The van der Waals surface area contributed by atoms with Gasteiger partial charge in [-0.05, 0) is 41.8 Å². The van der Waals surface area contributed by atoms with E-state index >= 15 is 0 Å². The summed E-state index contributed by atoms with van der Waals surface area (Å²) >= 11 is 11.6. The van der Waals surface area contributed by atoms with Gasteiger partial charge in [-0.3, -0.25) is 0 Å². The van der Waals surface area contributed by atoms with Crippen molar-refractivity contribution in [1.82, 2.24) is 4.72 Å². The molecular weight excluding hydrogens is 329 g/mol. The van der Waals surface area contributed by atoms with Gasteiger partial charge in [0.15, 0.2) is 0 Å². The van der Waals surface area contributed by atoms with Crippen LogP contribution in [0.5, 0.6) is 0 Å². The van der Waals surface area contributed by atoms with Gasteiger partial charge in [-0.15, -0.1) is 0 Å². The van der Waals surface area contributed by atoms with Crippen LogP contribution in [0, 0.1) is 0 Å². The molecule has 0 amide bonds. The van der Waals surface area contributed by atoms with Gasteiger partial charge in [0.05, 0.1) is 5.75 Å². The molecule has 0 aliphatic heterocycles. The molecule has 0 aliphatic rings. The van der Waals surface area contributed by atoms with Gasteiger partial charge in [-0.25, -0.2) is 13.1 Å². The molecule has 0 heterocycles. The zero-order chi connectivity index (χ0) is 15.3. The zero-order valence-electron chi connectivity index (χ0n) is 11.2. The Kier molecular flexibility index (Phi) is 5.65. The van der Waals surface area contributed by atoms with Crippen LogP contribution in [0.25, 0.3) is 0 Å². The number of hydrogen-bond acceptors (Lipinski definition) is 2. The molecule has 0 fully saturated rings. The SMILES string of the molecule is O=S(=O)(CCc1ccc(Cl)cc1)NCc1ccc(Cl)cc1. The molecule has 0 saturated carbocycles. The summed E-state index contributed by atoms with van der Waals surface area (Å²) in [6.07, 6.45) is 0.452. The number of halogens is 2. The van der Waals surface area contributed by atoms with Crippen LogP contribution in [-0.4, -0.2) is 14.2 Å². The third-order valence-electron chi connectivity index (χ3n) is 2.98. The highest BCUT2D eigenvalue weighted by molar-refractivity contribution is 7.89. The molecule has 2 rings (SSSR count). The summed E-state index contributed by atoms with van der Waals surface area (Å²) in [5.74, 6) is 0.0439. The van der Waals surface area contributed by atoms with Crippen LogP contribution in [0.1, 0.15) is 11.1 Å². The van der Waals surface area contributed by atoms with Crippen molar-refractivity contribution in [3.8, 4) is 0 Å². The number of aryl methyl sites for hydroxylation is 1. The van der Waals surface area contributed by atoms with E-state index in [0.717, 1.165) is 11.1 Å². The number of benzene rings is 2. The Morgan fingerprint density at radius 2 is 1.29 bits per heavy atom. The zero-order valence-corrected chi connectivity index (χ0v) is 13.5. The first-order valence-electron chi connectivity index (χ1n) is 6.41. The Morgan fingerprint density at radius 1 is 0.810 bits per heavy atom. The van der Waals surface area contributed by atoms with Gasteiger partial charge in [-0.1, -0.05) is 47.5 Å².